The number of sulfonamides is 1. The van der Waals surface area contributed by atoms with Crippen LogP contribution in [0.4, 0.5) is 11.5 Å². The Bertz CT molecular complexity index is 1290. The van der Waals surface area contributed by atoms with Crippen LogP contribution in [0.25, 0.3) is 17.2 Å². The molecule has 0 radical (unpaired) electrons. The van der Waals surface area contributed by atoms with Gasteiger partial charge in [0.25, 0.3) is 0 Å². The molecule has 1 fully saturated rings. The Morgan fingerprint density at radius 3 is 2.82 bits per heavy atom. The highest BCUT2D eigenvalue weighted by atomic mass is 32.2. The second kappa shape index (κ2) is 8.68. The average Bonchev–Trinajstić information content (AvgIpc) is 3.34. The number of benzene rings is 1. The molecule has 3 aromatic rings. The van der Waals surface area contributed by atoms with Crippen LogP contribution >= 0.6 is 0 Å². The van der Waals surface area contributed by atoms with Crippen molar-refractivity contribution in [2.24, 2.45) is 0 Å². The second-order valence-corrected chi connectivity index (χ2v) is 9.53. The van der Waals surface area contributed by atoms with Crippen molar-refractivity contribution in [1.82, 2.24) is 24.2 Å². The lowest BCUT2D eigenvalue weighted by atomic mass is 10.1. The summed E-state index contributed by atoms with van der Waals surface area (Å²) in [5, 5.41) is 23.0. The van der Waals surface area contributed by atoms with Crippen LogP contribution in [0.5, 0.6) is 0 Å². The van der Waals surface area contributed by atoms with E-state index >= 15 is 0 Å². The number of nitrogens with zero attached hydrogens (tertiary/aromatic N) is 5. The summed E-state index contributed by atoms with van der Waals surface area (Å²) in [6.45, 7) is -0.547. The van der Waals surface area contributed by atoms with Gasteiger partial charge in [-0.1, -0.05) is 18.2 Å². The van der Waals surface area contributed by atoms with Crippen molar-refractivity contribution in [3.63, 3.8) is 0 Å². The summed E-state index contributed by atoms with van der Waals surface area (Å²) in [6.07, 6.45) is 1.59. The summed E-state index contributed by atoms with van der Waals surface area (Å²) >= 11 is 0. The van der Waals surface area contributed by atoms with E-state index in [4.69, 9.17) is 10.5 Å². The molecule has 0 spiro atoms. The number of ether oxygens (including phenoxy) is 1. The van der Waals surface area contributed by atoms with Gasteiger partial charge in [0, 0.05) is 31.7 Å². The molecule has 13 heteroatoms. The zero-order valence-corrected chi connectivity index (χ0v) is 18.8. The summed E-state index contributed by atoms with van der Waals surface area (Å²) in [5.41, 5.74) is 5.67. The number of nitrogen functional groups attached to an aromatic ring is 1. The van der Waals surface area contributed by atoms with Gasteiger partial charge in [0.15, 0.2) is 22.7 Å². The van der Waals surface area contributed by atoms with Crippen molar-refractivity contribution < 1.29 is 23.4 Å². The van der Waals surface area contributed by atoms with Crippen LogP contribution in [0.2, 0.25) is 0 Å². The summed E-state index contributed by atoms with van der Waals surface area (Å²) in [4.78, 5) is 14.4. The topological polar surface area (TPSA) is 169 Å². The minimum absolute atomic E-state index is 0.259. The predicted molar refractivity (Wildman–Crippen MR) is 122 cm³/mol. The largest absolute Gasteiger partial charge is 0.398 e. The Kier molecular flexibility index (Phi) is 6.07. The number of hydrogen-bond donors (Lipinski definition) is 4. The fourth-order valence-electron chi connectivity index (χ4n) is 3.59. The van der Waals surface area contributed by atoms with Crippen LogP contribution in [0.3, 0.4) is 0 Å². The highest BCUT2D eigenvalue weighted by molar-refractivity contribution is 7.92. The average molecular weight is 476 g/mol. The van der Waals surface area contributed by atoms with Crippen LogP contribution in [-0.2, 0) is 20.5 Å². The Morgan fingerprint density at radius 2 is 2.09 bits per heavy atom. The molecule has 176 valence electrons. The molecule has 1 aliphatic heterocycles. The smallest absolute Gasteiger partial charge is 0.233 e. The van der Waals surface area contributed by atoms with Gasteiger partial charge in [-0.2, -0.15) is 0 Å². The zero-order chi connectivity index (χ0) is 23.8. The summed E-state index contributed by atoms with van der Waals surface area (Å²) in [7, 11) is -0.258. The van der Waals surface area contributed by atoms with Gasteiger partial charge >= 0.3 is 0 Å². The number of aromatic nitrogens is 4. The maximum Gasteiger partial charge on any atom is 0.233 e. The minimum Gasteiger partial charge on any atom is -0.398 e. The molecule has 1 aromatic carbocycles. The first-order valence-electron chi connectivity index (χ1n) is 10.0. The number of nitrogens with two attached hydrogens (primary N) is 1. The number of aliphatic hydroxyl groups excluding tert-OH is 1. The molecule has 4 rings (SSSR count). The first-order chi connectivity index (χ1) is 15.6. The standard InChI is InChI=1S/C20H25N7O5S/c1-26(2)18-16-19(23-11-22-18)27(12-24-16)20(29)10-32-15(17(20)28)9-25-33(30,31)8-7-13-5-3-4-6-14(13)21/h3-8,11-12,15,17,25,28-29H,9-10,21H2,1-2H3/b8-7+/t15-,17-,20+/m1/s1. The number of para-hydroxylation sites is 1. The number of nitrogens with one attached hydrogen (secondary N) is 1. The monoisotopic (exact) mass is 475 g/mol. The lowest BCUT2D eigenvalue weighted by molar-refractivity contribution is -0.107. The number of hydrogen-bond acceptors (Lipinski definition) is 10. The van der Waals surface area contributed by atoms with E-state index in [1.807, 2.05) is 0 Å². The Hall–Kier alpha value is -3.10. The van der Waals surface area contributed by atoms with Gasteiger partial charge in [0.1, 0.15) is 18.5 Å². The molecule has 0 bridgehead atoms. The quantitative estimate of drug-likeness (QED) is 0.326. The van der Waals surface area contributed by atoms with Gasteiger partial charge in [0.2, 0.25) is 10.0 Å². The van der Waals surface area contributed by atoms with Gasteiger partial charge in [-0.05, 0) is 17.7 Å². The molecule has 0 amide bonds. The third-order valence-electron chi connectivity index (χ3n) is 5.40. The van der Waals surface area contributed by atoms with Crippen LogP contribution in [0.15, 0.2) is 42.3 Å². The van der Waals surface area contributed by atoms with E-state index in [0.29, 0.717) is 28.2 Å². The van der Waals surface area contributed by atoms with E-state index in [2.05, 4.69) is 19.7 Å². The maximum atomic E-state index is 12.4. The van der Waals surface area contributed by atoms with Crippen molar-refractivity contribution in [3.8, 4) is 0 Å². The van der Waals surface area contributed by atoms with E-state index in [0.717, 1.165) is 5.41 Å². The van der Waals surface area contributed by atoms with Gasteiger partial charge in [0.05, 0.1) is 12.9 Å². The summed E-state index contributed by atoms with van der Waals surface area (Å²) in [5.74, 6) is 0.547. The zero-order valence-electron chi connectivity index (χ0n) is 18.0. The molecule has 2 aromatic heterocycles. The molecule has 0 unspecified atom stereocenters. The SMILES string of the molecule is CN(C)c1ncnc2c1ncn2[C@]1(O)CO[C@H](CNS(=O)(=O)/C=C/c2ccccc2N)[C@H]1O. The molecule has 3 heterocycles. The molecule has 3 atom stereocenters. The van der Waals surface area contributed by atoms with Crippen LogP contribution < -0.4 is 15.4 Å². The molecule has 0 aliphatic carbocycles. The van der Waals surface area contributed by atoms with Gasteiger partial charge < -0.3 is 25.6 Å². The Balaban J connectivity index is 1.49. The van der Waals surface area contributed by atoms with Crippen LogP contribution in [0, 0.1) is 0 Å². The lowest BCUT2D eigenvalue weighted by Crippen LogP contribution is -2.48. The molecule has 5 N–H and O–H groups in total. The van der Waals surface area contributed by atoms with E-state index in [-0.39, 0.29) is 13.2 Å². The maximum absolute atomic E-state index is 12.4. The van der Waals surface area contributed by atoms with Crippen molar-refractivity contribution in [1.29, 1.82) is 0 Å². The van der Waals surface area contributed by atoms with Crippen molar-refractivity contribution in [3.05, 3.63) is 47.9 Å². The highest BCUT2D eigenvalue weighted by Crippen LogP contribution is 2.33. The number of fused-ring (bicyclic) bond motifs is 1. The van der Waals surface area contributed by atoms with Crippen molar-refractivity contribution >= 4 is 38.8 Å². The van der Waals surface area contributed by atoms with Gasteiger partial charge in [-0.3, -0.25) is 4.57 Å². The predicted octanol–water partition coefficient (Wildman–Crippen LogP) is -0.530. The van der Waals surface area contributed by atoms with Crippen LogP contribution in [-0.4, -0.2) is 77.6 Å². The Labute approximate surface area is 190 Å². The molecule has 33 heavy (non-hydrogen) atoms. The number of imidazole rings is 1. The minimum atomic E-state index is -3.85. The molecule has 12 nitrogen and oxygen atoms in total. The fourth-order valence-corrected chi connectivity index (χ4v) is 4.41. The number of anilines is 2. The summed E-state index contributed by atoms with van der Waals surface area (Å²) in [6, 6.07) is 6.84. The fraction of sp³-hybridized carbons (Fsp3) is 0.350. The normalized spacial score (nSPS) is 23.5. The Morgan fingerprint density at radius 1 is 1.33 bits per heavy atom. The second-order valence-electron chi connectivity index (χ2n) is 7.88. The third kappa shape index (κ3) is 4.41. The first-order valence-corrected chi connectivity index (χ1v) is 11.6. The van der Waals surface area contributed by atoms with E-state index in [1.54, 1.807) is 43.3 Å². The number of aliphatic hydroxyl groups is 2. The summed E-state index contributed by atoms with van der Waals surface area (Å²) < 4.78 is 33.9. The third-order valence-corrected chi connectivity index (χ3v) is 6.46. The van der Waals surface area contributed by atoms with Gasteiger partial charge in [-0.15, -0.1) is 0 Å². The van der Waals surface area contributed by atoms with Crippen molar-refractivity contribution in [2.45, 2.75) is 17.9 Å². The highest BCUT2D eigenvalue weighted by Gasteiger charge is 2.50. The molecule has 1 aliphatic rings. The molecule has 1 saturated heterocycles. The van der Waals surface area contributed by atoms with E-state index < -0.39 is 28.0 Å². The van der Waals surface area contributed by atoms with E-state index in [9.17, 15) is 18.6 Å². The van der Waals surface area contributed by atoms with E-state index in [1.165, 1.54) is 23.3 Å². The first kappa shape index (κ1) is 23.1. The van der Waals surface area contributed by atoms with Gasteiger partial charge in [-0.25, -0.2) is 28.1 Å². The molecule has 0 saturated carbocycles. The van der Waals surface area contributed by atoms with Crippen LogP contribution in [0.1, 0.15) is 5.56 Å². The molecular weight excluding hydrogens is 450 g/mol. The number of rotatable bonds is 7. The molecular formula is C20H25N7O5S. The lowest BCUT2D eigenvalue weighted by Gasteiger charge is -2.28. The van der Waals surface area contributed by atoms with Crippen molar-refractivity contribution in [2.75, 3.05) is 37.9 Å².